The summed E-state index contributed by atoms with van der Waals surface area (Å²) in [5, 5.41) is 11.7. The van der Waals surface area contributed by atoms with Crippen LogP contribution in [0.15, 0.2) is 90.4 Å². The summed E-state index contributed by atoms with van der Waals surface area (Å²) in [6.07, 6.45) is -2.57. The van der Waals surface area contributed by atoms with E-state index in [1.807, 2.05) is 12.1 Å². The zero-order chi connectivity index (χ0) is 26.4. The van der Waals surface area contributed by atoms with Crippen molar-refractivity contribution >= 4 is 34.7 Å². The Balaban J connectivity index is 1.47. The minimum absolute atomic E-state index is 0.0113. The summed E-state index contributed by atoms with van der Waals surface area (Å²) in [5.74, 6) is -0.598. The number of halogens is 4. The quantitative estimate of drug-likeness (QED) is 0.214. The molecule has 0 atom stereocenters. The van der Waals surface area contributed by atoms with Crippen LogP contribution in [-0.4, -0.2) is 38.3 Å². The maximum atomic E-state index is 13.1. The Hall–Kier alpha value is -4.31. The molecule has 0 saturated carbocycles. The molecule has 1 aromatic heterocycles. The van der Waals surface area contributed by atoms with E-state index in [4.69, 9.17) is 21.7 Å². The molecule has 0 fully saturated rings. The molecule has 0 spiro atoms. The fraction of sp³-hybridized carbons (Fsp3) is 0.115. The summed E-state index contributed by atoms with van der Waals surface area (Å²) in [6, 6.07) is 19.4. The summed E-state index contributed by atoms with van der Waals surface area (Å²) in [5.41, 5.74) is 0.900. The van der Waals surface area contributed by atoms with Crippen LogP contribution in [0.5, 0.6) is 0 Å². The number of nitrogens with one attached hydrogen (secondary N) is 1. The minimum atomic E-state index is -4.79. The van der Waals surface area contributed by atoms with Crippen LogP contribution in [0.2, 0.25) is 5.02 Å². The number of esters is 1. The van der Waals surface area contributed by atoms with E-state index in [1.54, 1.807) is 47.4 Å². The summed E-state index contributed by atoms with van der Waals surface area (Å²) < 4.78 is 46.1. The molecule has 11 heteroatoms. The van der Waals surface area contributed by atoms with E-state index in [0.717, 1.165) is 11.3 Å². The van der Waals surface area contributed by atoms with Gasteiger partial charge in [-0.05, 0) is 47.5 Å². The molecule has 0 aliphatic carbocycles. The van der Waals surface area contributed by atoms with Gasteiger partial charge in [0.25, 0.3) is 0 Å². The molecule has 4 aromatic rings. The number of aliphatic imine (C=N–C) groups is 1. The fourth-order valence-corrected chi connectivity index (χ4v) is 3.46. The van der Waals surface area contributed by atoms with Gasteiger partial charge >= 0.3 is 12.1 Å². The number of carbonyl (C=O) groups excluding carboxylic acids is 1. The SMILES string of the molecule is N=C(CC(=Nc1ccccc1Cl)c1ccc(C(=O)OCc2ccc(-n3cncn3)cc2)cc1)C(F)(F)F. The van der Waals surface area contributed by atoms with Gasteiger partial charge in [0.1, 0.15) is 25.0 Å². The van der Waals surface area contributed by atoms with E-state index < -0.39 is 24.3 Å². The summed E-state index contributed by atoms with van der Waals surface area (Å²) in [6.45, 7) is 0.0280. The van der Waals surface area contributed by atoms with Crippen molar-refractivity contribution in [2.45, 2.75) is 19.2 Å². The lowest BCUT2D eigenvalue weighted by atomic mass is 10.0. The molecule has 3 aromatic carbocycles. The summed E-state index contributed by atoms with van der Waals surface area (Å²) in [7, 11) is 0. The number of rotatable bonds is 8. The molecule has 0 aliphatic rings. The van der Waals surface area contributed by atoms with Crippen LogP contribution >= 0.6 is 11.6 Å². The highest BCUT2D eigenvalue weighted by Crippen LogP contribution is 2.27. The van der Waals surface area contributed by atoms with Gasteiger partial charge < -0.3 is 10.1 Å². The molecule has 188 valence electrons. The zero-order valence-corrected chi connectivity index (χ0v) is 19.9. The molecule has 0 aliphatic heterocycles. The van der Waals surface area contributed by atoms with Gasteiger partial charge in [-0.3, -0.25) is 4.99 Å². The topological polar surface area (TPSA) is 93.2 Å². The van der Waals surface area contributed by atoms with Crippen LogP contribution in [0.4, 0.5) is 18.9 Å². The van der Waals surface area contributed by atoms with Gasteiger partial charge in [0, 0.05) is 6.42 Å². The van der Waals surface area contributed by atoms with E-state index >= 15 is 0 Å². The number of carbonyl (C=O) groups is 1. The summed E-state index contributed by atoms with van der Waals surface area (Å²) >= 11 is 6.12. The highest BCUT2D eigenvalue weighted by molar-refractivity contribution is 6.33. The maximum Gasteiger partial charge on any atom is 0.429 e. The monoisotopic (exact) mass is 525 g/mol. The molecule has 0 amide bonds. The Morgan fingerprint density at radius 3 is 2.30 bits per heavy atom. The van der Waals surface area contributed by atoms with Crippen LogP contribution < -0.4 is 0 Å². The van der Waals surface area contributed by atoms with E-state index in [0.29, 0.717) is 5.56 Å². The van der Waals surface area contributed by atoms with Crippen molar-refractivity contribution < 1.29 is 22.7 Å². The summed E-state index contributed by atoms with van der Waals surface area (Å²) in [4.78, 5) is 20.7. The normalized spacial score (nSPS) is 11.8. The smallest absolute Gasteiger partial charge is 0.429 e. The number of benzene rings is 3. The highest BCUT2D eigenvalue weighted by Gasteiger charge is 2.35. The third-order valence-corrected chi connectivity index (χ3v) is 5.56. The molecule has 4 rings (SSSR count). The van der Waals surface area contributed by atoms with Crippen LogP contribution in [0.3, 0.4) is 0 Å². The van der Waals surface area contributed by atoms with Crippen molar-refractivity contribution in [3.05, 3.63) is 107 Å². The molecule has 0 bridgehead atoms. The molecule has 37 heavy (non-hydrogen) atoms. The molecule has 7 nitrogen and oxygen atoms in total. The predicted octanol–water partition coefficient (Wildman–Crippen LogP) is 6.37. The van der Waals surface area contributed by atoms with E-state index in [2.05, 4.69) is 15.1 Å². The van der Waals surface area contributed by atoms with Crippen molar-refractivity contribution in [3.63, 3.8) is 0 Å². The van der Waals surface area contributed by atoms with Gasteiger partial charge in [0.15, 0.2) is 0 Å². The van der Waals surface area contributed by atoms with Crippen LogP contribution in [0.1, 0.15) is 27.9 Å². The van der Waals surface area contributed by atoms with Gasteiger partial charge in [0.05, 0.1) is 27.7 Å². The van der Waals surface area contributed by atoms with Crippen molar-refractivity contribution in [2.75, 3.05) is 0 Å². The first-order chi connectivity index (χ1) is 17.7. The Morgan fingerprint density at radius 2 is 1.68 bits per heavy atom. The maximum absolute atomic E-state index is 13.1. The third kappa shape index (κ3) is 6.68. The van der Waals surface area contributed by atoms with Crippen LogP contribution in [0, 0.1) is 5.41 Å². The minimum Gasteiger partial charge on any atom is -0.457 e. The number of nitrogens with zero attached hydrogens (tertiary/aromatic N) is 4. The van der Waals surface area contributed by atoms with E-state index in [-0.39, 0.29) is 28.6 Å². The van der Waals surface area contributed by atoms with Crippen molar-refractivity contribution in [1.82, 2.24) is 14.8 Å². The molecule has 1 N–H and O–H groups in total. The number of hydrogen-bond acceptors (Lipinski definition) is 6. The first kappa shape index (κ1) is 25.8. The molecule has 0 saturated heterocycles. The second-order valence-electron chi connectivity index (χ2n) is 7.82. The zero-order valence-electron chi connectivity index (χ0n) is 19.1. The first-order valence-corrected chi connectivity index (χ1v) is 11.3. The number of ether oxygens (including phenoxy) is 1. The fourth-order valence-electron chi connectivity index (χ4n) is 3.28. The Morgan fingerprint density at radius 1 is 1.00 bits per heavy atom. The Labute approximate surface area is 214 Å². The lowest BCUT2D eigenvalue weighted by Gasteiger charge is -2.12. The van der Waals surface area contributed by atoms with Gasteiger partial charge in [0.2, 0.25) is 0 Å². The standard InChI is InChI=1S/C26H19ClF3N5O2/c27-21-3-1-2-4-22(21)34-23(13-24(31)26(28,29)30)18-7-9-19(10-8-18)25(36)37-14-17-5-11-20(12-6-17)35-16-32-15-33-35/h1-12,15-16,31H,13-14H2. The predicted molar refractivity (Wildman–Crippen MR) is 133 cm³/mol. The van der Waals surface area contributed by atoms with E-state index in [1.165, 1.54) is 30.6 Å². The number of hydrogen-bond donors (Lipinski definition) is 1. The van der Waals surface area contributed by atoms with Gasteiger partial charge in [-0.25, -0.2) is 14.5 Å². The molecule has 0 unspecified atom stereocenters. The molecular formula is C26H19ClF3N5O2. The second kappa shape index (κ2) is 11.2. The largest absolute Gasteiger partial charge is 0.457 e. The average molecular weight is 526 g/mol. The van der Waals surface area contributed by atoms with Crippen LogP contribution in [0.25, 0.3) is 5.69 Å². The van der Waals surface area contributed by atoms with Crippen molar-refractivity contribution in [3.8, 4) is 5.69 Å². The molecule has 0 radical (unpaired) electrons. The van der Waals surface area contributed by atoms with E-state index in [9.17, 15) is 18.0 Å². The van der Waals surface area contributed by atoms with Crippen molar-refractivity contribution in [2.24, 2.45) is 4.99 Å². The number of alkyl halides is 3. The molecule has 1 heterocycles. The average Bonchev–Trinajstić information content (AvgIpc) is 3.43. The second-order valence-corrected chi connectivity index (χ2v) is 8.23. The Kier molecular flexibility index (Phi) is 7.78. The van der Waals surface area contributed by atoms with Crippen LogP contribution in [-0.2, 0) is 11.3 Å². The van der Waals surface area contributed by atoms with Crippen molar-refractivity contribution in [1.29, 1.82) is 5.41 Å². The lowest BCUT2D eigenvalue weighted by Crippen LogP contribution is -2.25. The third-order valence-electron chi connectivity index (χ3n) is 5.24. The molecular weight excluding hydrogens is 507 g/mol. The van der Waals surface area contributed by atoms with Gasteiger partial charge in [-0.1, -0.05) is 48.0 Å². The number of aromatic nitrogens is 3. The first-order valence-electron chi connectivity index (χ1n) is 10.9. The Bertz CT molecular complexity index is 1420. The number of para-hydroxylation sites is 1. The lowest BCUT2D eigenvalue weighted by molar-refractivity contribution is -0.0605. The highest BCUT2D eigenvalue weighted by atomic mass is 35.5. The van der Waals surface area contributed by atoms with Gasteiger partial charge in [-0.2, -0.15) is 18.3 Å². The van der Waals surface area contributed by atoms with Gasteiger partial charge in [-0.15, -0.1) is 0 Å².